The number of para-hydroxylation sites is 1. The molecule has 0 heterocycles. The van der Waals surface area contributed by atoms with Crippen LogP contribution in [-0.4, -0.2) is 0 Å². The summed E-state index contributed by atoms with van der Waals surface area (Å²) >= 11 is 5.96. The minimum atomic E-state index is 1.11. The van der Waals surface area contributed by atoms with Crippen LogP contribution in [0.5, 0.6) is 0 Å². The monoisotopic (exact) mass is 499 g/mol. The minimum Gasteiger partial charge on any atom is -0.310 e. The van der Waals surface area contributed by atoms with Crippen molar-refractivity contribution < 1.29 is 0 Å². The SMILES string of the molecule is Brc1ccc(N(c2ccccc2)c2ccc3ccccc3c2)cc1I. The number of nitrogens with zero attached hydrogens (tertiary/aromatic N) is 1. The van der Waals surface area contributed by atoms with Crippen molar-refractivity contribution in [3.05, 3.63) is 99.0 Å². The van der Waals surface area contributed by atoms with Gasteiger partial charge in [0.05, 0.1) is 0 Å². The molecule has 0 saturated heterocycles. The van der Waals surface area contributed by atoms with Gasteiger partial charge >= 0.3 is 0 Å². The molecule has 0 aromatic heterocycles. The third-order valence-corrected chi connectivity index (χ3v) is 6.49. The van der Waals surface area contributed by atoms with Gasteiger partial charge in [-0.1, -0.05) is 48.5 Å². The number of rotatable bonds is 3. The summed E-state index contributed by atoms with van der Waals surface area (Å²) in [5.74, 6) is 0. The summed E-state index contributed by atoms with van der Waals surface area (Å²) in [7, 11) is 0. The number of hydrogen-bond acceptors (Lipinski definition) is 1. The lowest BCUT2D eigenvalue weighted by Crippen LogP contribution is -2.10. The number of halogens is 2. The van der Waals surface area contributed by atoms with Crippen molar-refractivity contribution in [2.24, 2.45) is 0 Å². The van der Waals surface area contributed by atoms with E-state index in [1.165, 1.54) is 14.3 Å². The summed E-state index contributed by atoms with van der Waals surface area (Å²) in [6.07, 6.45) is 0. The fourth-order valence-electron chi connectivity index (χ4n) is 2.96. The second kappa shape index (κ2) is 7.18. The van der Waals surface area contributed by atoms with Gasteiger partial charge in [-0.15, -0.1) is 0 Å². The second-order valence-electron chi connectivity index (χ2n) is 5.80. The van der Waals surface area contributed by atoms with E-state index in [9.17, 15) is 0 Å². The molecule has 4 rings (SSSR count). The molecule has 0 atom stereocenters. The molecular weight excluding hydrogens is 485 g/mol. The second-order valence-corrected chi connectivity index (χ2v) is 7.82. The van der Waals surface area contributed by atoms with Gasteiger partial charge in [0.1, 0.15) is 0 Å². The van der Waals surface area contributed by atoms with Gasteiger partial charge in [-0.2, -0.15) is 0 Å². The third-order valence-electron chi connectivity index (χ3n) is 4.17. The maximum Gasteiger partial charge on any atom is 0.0472 e. The highest BCUT2D eigenvalue weighted by atomic mass is 127. The largest absolute Gasteiger partial charge is 0.310 e. The van der Waals surface area contributed by atoms with Gasteiger partial charge in [0.15, 0.2) is 0 Å². The number of hydrogen-bond donors (Lipinski definition) is 0. The van der Waals surface area contributed by atoms with Gasteiger partial charge in [0, 0.05) is 25.1 Å². The quantitative estimate of drug-likeness (QED) is 0.261. The van der Waals surface area contributed by atoms with E-state index in [-0.39, 0.29) is 0 Å². The molecular formula is C22H15BrIN. The van der Waals surface area contributed by atoms with E-state index in [0.29, 0.717) is 0 Å². The summed E-state index contributed by atoms with van der Waals surface area (Å²) in [4.78, 5) is 2.29. The van der Waals surface area contributed by atoms with Crippen LogP contribution < -0.4 is 4.90 Å². The molecule has 0 fully saturated rings. The average Bonchev–Trinajstić information content (AvgIpc) is 2.66. The molecule has 0 amide bonds. The van der Waals surface area contributed by atoms with Crippen molar-refractivity contribution in [1.82, 2.24) is 0 Å². The first kappa shape index (κ1) is 16.6. The van der Waals surface area contributed by atoms with Crippen LogP contribution in [0, 0.1) is 3.57 Å². The first-order chi connectivity index (χ1) is 12.2. The predicted molar refractivity (Wildman–Crippen MR) is 119 cm³/mol. The van der Waals surface area contributed by atoms with Gasteiger partial charge in [0.2, 0.25) is 0 Å². The van der Waals surface area contributed by atoms with E-state index >= 15 is 0 Å². The maximum atomic E-state index is 3.60. The van der Waals surface area contributed by atoms with E-state index in [4.69, 9.17) is 0 Å². The lowest BCUT2D eigenvalue weighted by molar-refractivity contribution is 1.28. The molecule has 1 nitrogen and oxygen atoms in total. The Bertz CT molecular complexity index is 1030. The molecule has 122 valence electrons. The maximum absolute atomic E-state index is 3.60. The van der Waals surface area contributed by atoms with Crippen LogP contribution in [0.2, 0.25) is 0 Å². The molecule has 3 heteroatoms. The fraction of sp³-hybridized carbons (Fsp3) is 0. The standard InChI is InChI=1S/C22H15BrIN/c23-21-13-12-20(15-22(21)24)25(18-8-2-1-3-9-18)19-11-10-16-6-4-5-7-17(16)14-19/h1-15H. The van der Waals surface area contributed by atoms with Crippen LogP contribution in [0.1, 0.15) is 0 Å². The Labute approximate surface area is 169 Å². The Morgan fingerprint density at radius 2 is 1.24 bits per heavy atom. The lowest BCUT2D eigenvalue weighted by atomic mass is 10.1. The van der Waals surface area contributed by atoms with E-state index < -0.39 is 0 Å². The molecule has 0 aliphatic carbocycles. The first-order valence-electron chi connectivity index (χ1n) is 8.01. The highest BCUT2D eigenvalue weighted by molar-refractivity contribution is 14.1. The van der Waals surface area contributed by atoms with Gasteiger partial charge in [0.25, 0.3) is 0 Å². The average molecular weight is 500 g/mol. The van der Waals surface area contributed by atoms with Gasteiger partial charge in [-0.3, -0.25) is 0 Å². The van der Waals surface area contributed by atoms with Crippen molar-refractivity contribution in [1.29, 1.82) is 0 Å². The molecule has 4 aromatic rings. The Balaban J connectivity index is 1.91. The molecule has 0 N–H and O–H groups in total. The number of anilines is 3. The van der Waals surface area contributed by atoms with Crippen LogP contribution in [-0.2, 0) is 0 Å². The zero-order valence-corrected chi connectivity index (χ0v) is 17.1. The first-order valence-corrected chi connectivity index (χ1v) is 9.88. The molecule has 0 aliphatic rings. The number of benzene rings is 4. The van der Waals surface area contributed by atoms with Crippen LogP contribution in [0.15, 0.2) is 95.5 Å². The van der Waals surface area contributed by atoms with Gasteiger partial charge < -0.3 is 4.90 Å². The van der Waals surface area contributed by atoms with E-state index in [1.54, 1.807) is 0 Å². The topological polar surface area (TPSA) is 3.24 Å². The summed E-state index contributed by atoms with van der Waals surface area (Å²) in [6, 6.07) is 32.0. The predicted octanol–water partition coefficient (Wildman–Crippen LogP) is 7.68. The minimum absolute atomic E-state index is 1.11. The molecule has 0 aliphatic heterocycles. The molecule has 0 spiro atoms. The molecule has 0 unspecified atom stereocenters. The van der Waals surface area contributed by atoms with E-state index in [2.05, 4.69) is 128 Å². The molecule has 0 bridgehead atoms. The summed E-state index contributed by atoms with van der Waals surface area (Å²) in [6.45, 7) is 0. The third kappa shape index (κ3) is 3.44. The Morgan fingerprint density at radius 3 is 2.00 bits per heavy atom. The zero-order valence-electron chi connectivity index (χ0n) is 13.4. The zero-order chi connectivity index (χ0) is 17.2. The molecule has 0 saturated carbocycles. The van der Waals surface area contributed by atoms with Crippen molar-refractivity contribution in [2.75, 3.05) is 4.90 Å². The smallest absolute Gasteiger partial charge is 0.0472 e. The highest BCUT2D eigenvalue weighted by Crippen LogP contribution is 2.37. The van der Waals surface area contributed by atoms with Gasteiger partial charge in [-0.05, 0) is 91.8 Å². The van der Waals surface area contributed by atoms with Crippen molar-refractivity contribution in [3.63, 3.8) is 0 Å². The lowest BCUT2D eigenvalue weighted by Gasteiger charge is -2.26. The summed E-state index contributed by atoms with van der Waals surface area (Å²) in [5.41, 5.74) is 3.45. The van der Waals surface area contributed by atoms with Crippen LogP contribution in [0.4, 0.5) is 17.1 Å². The number of fused-ring (bicyclic) bond motifs is 1. The molecule has 4 aromatic carbocycles. The van der Waals surface area contributed by atoms with E-state index in [1.807, 2.05) is 6.07 Å². The highest BCUT2D eigenvalue weighted by Gasteiger charge is 2.13. The summed E-state index contributed by atoms with van der Waals surface area (Å²) < 4.78 is 2.31. The molecule has 25 heavy (non-hydrogen) atoms. The van der Waals surface area contributed by atoms with E-state index in [0.717, 1.165) is 21.5 Å². The van der Waals surface area contributed by atoms with Crippen molar-refractivity contribution >= 4 is 66.4 Å². The van der Waals surface area contributed by atoms with Crippen LogP contribution in [0.25, 0.3) is 10.8 Å². The summed E-state index contributed by atoms with van der Waals surface area (Å²) in [5, 5.41) is 2.50. The Kier molecular flexibility index (Phi) is 4.77. The van der Waals surface area contributed by atoms with Crippen molar-refractivity contribution in [2.45, 2.75) is 0 Å². The normalized spacial score (nSPS) is 10.8. The fourth-order valence-corrected chi connectivity index (χ4v) is 3.71. The van der Waals surface area contributed by atoms with Gasteiger partial charge in [-0.25, -0.2) is 0 Å². The molecule has 0 radical (unpaired) electrons. The van der Waals surface area contributed by atoms with Crippen LogP contribution >= 0.6 is 38.5 Å². The Hall–Kier alpha value is -1.85. The van der Waals surface area contributed by atoms with Crippen molar-refractivity contribution in [3.8, 4) is 0 Å². The Morgan fingerprint density at radius 1 is 0.600 bits per heavy atom. The van der Waals surface area contributed by atoms with Crippen LogP contribution in [0.3, 0.4) is 0 Å².